The van der Waals surface area contributed by atoms with E-state index in [9.17, 15) is 18.7 Å². The van der Waals surface area contributed by atoms with Crippen LogP contribution in [-0.4, -0.2) is 41.0 Å². The summed E-state index contributed by atoms with van der Waals surface area (Å²) in [5, 5.41) is 9.31. The normalized spacial score (nSPS) is 11.9. The number of aliphatic hydroxyl groups is 1. The van der Waals surface area contributed by atoms with Gasteiger partial charge in [0.05, 0.1) is 5.60 Å². The van der Waals surface area contributed by atoms with Crippen LogP contribution in [0.2, 0.25) is 0 Å². The van der Waals surface area contributed by atoms with Crippen LogP contribution in [0.5, 0.6) is 0 Å². The molecule has 0 heterocycles. The summed E-state index contributed by atoms with van der Waals surface area (Å²) < 4.78 is 23.9. The molecule has 0 aromatic carbocycles. The van der Waals surface area contributed by atoms with Crippen LogP contribution in [-0.2, 0) is 4.79 Å². The Bertz CT molecular complexity index is 177. The number of rotatable bonds is 4. The molecule has 0 atom stereocenters. The predicted molar refractivity (Wildman–Crippen MR) is 44.6 cm³/mol. The summed E-state index contributed by atoms with van der Waals surface area (Å²) in [6, 6.07) is 0. The topological polar surface area (TPSA) is 40.5 Å². The maximum atomic E-state index is 12.0. The van der Waals surface area contributed by atoms with Crippen LogP contribution in [0.15, 0.2) is 0 Å². The van der Waals surface area contributed by atoms with E-state index in [0.717, 1.165) is 4.90 Å². The fourth-order valence-electron chi connectivity index (χ4n) is 0.951. The van der Waals surface area contributed by atoms with Crippen LogP contribution in [0, 0.1) is 0 Å². The molecule has 0 unspecified atom stereocenters. The zero-order valence-electron chi connectivity index (χ0n) is 8.05. The Morgan fingerprint density at radius 1 is 1.54 bits per heavy atom. The Hall–Kier alpha value is -0.710. The number of hydrogen-bond acceptors (Lipinski definition) is 2. The molecule has 0 saturated heterocycles. The number of nitrogens with zero attached hydrogens (tertiary/aromatic N) is 1. The summed E-state index contributed by atoms with van der Waals surface area (Å²) >= 11 is 0. The van der Waals surface area contributed by atoms with Crippen molar-refractivity contribution in [1.82, 2.24) is 4.90 Å². The Morgan fingerprint density at radius 2 is 2.00 bits per heavy atom. The quantitative estimate of drug-likeness (QED) is 0.723. The smallest absolute Gasteiger partial charge is 0.315 e. The first-order chi connectivity index (χ1) is 5.78. The first-order valence-electron chi connectivity index (χ1n) is 4.07. The minimum absolute atomic E-state index is 0.0767. The third kappa shape index (κ3) is 4.77. The van der Waals surface area contributed by atoms with Gasteiger partial charge in [-0.25, -0.2) is 0 Å². The van der Waals surface area contributed by atoms with Crippen LogP contribution in [0.1, 0.15) is 20.8 Å². The van der Waals surface area contributed by atoms with Crippen molar-refractivity contribution >= 4 is 5.91 Å². The minimum atomic E-state index is -3.00. The third-order valence-electron chi connectivity index (χ3n) is 1.46. The molecule has 3 nitrogen and oxygen atoms in total. The molecular weight excluding hydrogens is 180 g/mol. The van der Waals surface area contributed by atoms with Gasteiger partial charge in [0, 0.05) is 13.1 Å². The van der Waals surface area contributed by atoms with E-state index >= 15 is 0 Å². The van der Waals surface area contributed by atoms with E-state index in [1.54, 1.807) is 6.92 Å². The van der Waals surface area contributed by atoms with Crippen molar-refractivity contribution in [3.63, 3.8) is 0 Å². The lowest BCUT2D eigenvalue weighted by Crippen LogP contribution is -2.44. The maximum Gasteiger partial charge on any atom is 0.315 e. The zero-order chi connectivity index (χ0) is 10.6. The number of amides is 1. The van der Waals surface area contributed by atoms with Crippen molar-refractivity contribution in [2.24, 2.45) is 0 Å². The molecule has 0 aliphatic carbocycles. The fourth-order valence-corrected chi connectivity index (χ4v) is 0.951. The summed E-state index contributed by atoms with van der Waals surface area (Å²) in [5.41, 5.74) is -1.14. The highest BCUT2D eigenvalue weighted by Gasteiger charge is 2.26. The molecular formula is C8H15F2NO2. The third-order valence-corrected chi connectivity index (χ3v) is 1.46. The molecule has 0 fully saturated rings. The molecule has 0 aliphatic heterocycles. The average molecular weight is 195 g/mol. The van der Waals surface area contributed by atoms with Crippen molar-refractivity contribution < 1.29 is 18.7 Å². The minimum Gasteiger partial charge on any atom is -0.389 e. The molecule has 0 spiro atoms. The number of halogens is 2. The van der Waals surface area contributed by atoms with E-state index in [1.165, 1.54) is 13.8 Å². The summed E-state index contributed by atoms with van der Waals surface area (Å²) in [7, 11) is 0. The van der Waals surface area contributed by atoms with Crippen molar-refractivity contribution in [1.29, 1.82) is 0 Å². The van der Waals surface area contributed by atoms with Gasteiger partial charge in [-0.2, -0.15) is 8.78 Å². The summed E-state index contributed by atoms with van der Waals surface area (Å²) in [6.45, 7) is 4.62. The van der Waals surface area contributed by atoms with Crippen LogP contribution < -0.4 is 0 Å². The first kappa shape index (κ1) is 12.3. The second kappa shape index (κ2) is 4.50. The first-order valence-corrected chi connectivity index (χ1v) is 4.07. The largest absolute Gasteiger partial charge is 0.389 e. The predicted octanol–water partition coefficient (Wildman–Crippen LogP) is 0.871. The Morgan fingerprint density at radius 3 is 2.23 bits per heavy atom. The second-order valence-electron chi connectivity index (χ2n) is 3.47. The molecule has 1 amide bonds. The zero-order valence-corrected chi connectivity index (χ0v) is 8.05. The highest BCUT2D eigenvalue weighted by molar-refractivity contribution is 5.79. The molecule has 0 saturated carbocycles. The number of likely N-dealkylation sites (N-methyl/N-ethyl adjacent to an activating group) is 1. The van der Waals surface area contributed by atoms with Gasteiger partial charge < -0.3 is 10.0 Å². The van der Waals surface area contributed by atoms with Crippen LogP contribution >= 0.6 is 0 Å². The molecule has 0 aromatic heterocycles. The van der Waals surface area contributed by atoms with Gasteiger partial charge in [0.2, 0.25) is 0 Å². The Labute approximate surface area is 76.3 Å². The molecule has 13 heavy (non-hydrogen) atoms. The maximum absolute atomic E-state index is 12.0. The van der Waals surface area contributed by atoms with Crippen LogP contribution in [0.4, 0.5) is 8.78 Å². The molecule has 0 aromatic rings. The van der Waals surface area contributed by atoms with Gasteiger partial charge in [-0.05, 0) is 20.8 Å². The fraction of sp³-hybridized carbons (Fsp3) is 0.875. The summed E-state index contributed by atoms with van der Waals surface area (Å²) in [6.07, 6.45) is -3.00. The van der Waals surface area contributed by atoms with Gasteiger partial charge >= 0.3 is 6.43 Å². The lowest BCUT2D eigenvalue weighted by atomic mass is 10.1. The van der Waals surface area contributed by atoms with Crippen LogP contribution in [0.25, 0.3) is 0 Å². The van der Waals surface area contributed by atoms with E-state index in [1.807, 2.05) is 0 Å². The van der Waals surface area contributed by atoms with Crippen molar-refractivity contribution in [3.8, 4) is 0 Å². The van der Waals surface area contributed by atoms with Crippen LogP contribution in [0.3, 0.4) is 0 Å². The highest BCUT2D eigenvalue weighted by Crippen LogP contribution is 2.08. The van der Waals surface area contributed by atoms with Gasteiger partial charge in [-0.15, -0.1) is 0 Å². The molecule has 0 aliphatic rings. The molecule has 1 N–H and O–H groups in total. The Kier molecular flexibility index (Phi) is 4.26. The molecule has 0 rings (SSSR count). The second-order valence-corrected chi connectivity index (χ2v) is 3.47. The van der Waals surface area contributed by atoms with Gasteiger partial charge in [0.25, 0.3) is 5.91 Å². The standard InChI is InChI=1S/C8H15F2NO2/c1-4-11(5-8(2,3)13)7(12)6(9)10/h6,13H,4-5H2,1-3H3. The van der Waals surface area contributed by atoms with E-state index in [2.05, 4.69) is 0 Å². The molecule has 5 heteroatoms. The highest BCUT2D eigenvalue weighted by atomic mass is 19.3. The number of hydrogen-bond donors (Lipinski definition) is 1. The SMILES string of the molecule is CCN(CC(C)(C)O)C(=O)C(F)F. The molecule has 0 bridgehead atoms. The van der Waals surface area contributed by atoms with Crippen molar-refractivity contribution in [2.45, 2.75) is 32.8 Å². The Balaban J connectivity index is 4.27. The van der Waals surface area contributed by atoms with Gasteiger partial charge in [-0.1, -0.05) is 0 Å². The van der Waals surface area contributed by atoms with Crippen molar-refractivity contribution in [2.75, 3.05) is 13.1 Å². The summed E-state index contributed by atoms with van der Waals surface area (Å²) in [4.78, 5) is 11.8. The van der Waals surface area contributed by atoms with Gasteiger partial charge in [0.1, 0.15) is 0 Å². The van der Waals surface area contributed by atoms with E-state index in [-0.39, 0.29) is 13.1 Å². The van der Waals surface area contributed by atoms with E-state index in [0.29, 0.717) is 0 Å². The number of alkyl halides is 2. The number of carbonyl (C=O) groups is 1. The average Bonchev–Trinajstić information content (AvgIpc) is 1.97. The lowest BCUT2D eigenvalue weighted by molar-refractivity contribution is -0.145. The number of carbonyl (C=O) groups excluding carboxylic acids is 1. The lowest BCUT2D eigenvalue weighted by Gasteiger charge is -2.27. The van der Waals surface area contributed by atoms with Crippen molar-refractivity contribution in [3.05, 3.63) is 0 Å². The summed E-state index contributed by atoms with van der Waals surface area (Å²) in [5.74, 6) is -1.23. The molecule has 78 valence electrons. The van der Waals surface area contributed by atoms with Gasteiger partial charge in [0.15, 0.2) is 0 Å². The van der Waals surface area contributed by atoms with Gasteiger partial charge in [-0.3, -0.25) is 4.79 Å². The monoisotopic (exact) mass is 195 g/mol. The molecule has 0 radical (unpaired) electrons. The van der Waals surface area contributed by atoms with E-state index in [4.69, 9.17) is 0 Å². The van der Waals surface area contributed by atoms with E-state index < -0.39 is 17.9 Å².